The fourth-order valence-corrected chi connectivity index (χ4v) is 2.43. The molecule has 148 valence electrons. The summed E-state index contributed by atoms with van der Waals surface area (Å²) in [6.07, 6.45) is -3.64. The van der Waals surface area contributed by atoms with E-state index in [1.807, 2.05) is 0 Å². The van der Waals surface area contributed by atoms with E-state index in [-0.39, 0.29) is 24.2 Å². The topological polar surface area (TPSA) is 112 Å². The van der Waals surface area contributed by atoms with E-state index in [0.717, 1.165) is 34.2 Å². The van der Waals surface area contributed by atoms with Crippen LogP contribution in [0.4, 0.5) is 23.7 Å². The second-order valence-corrected chi connectivity index (χ2v) is 6.04. The van der Waals surface area contributed by atoms with Gasteiger partial charge in [0.2, 0.25) is 5.96 Å². The van der Waals surface area contributed by atoms with Crippen LogP contribution in [0.2, 0.25) is 0 Å². The first-order valence-electron chi connectivity index (χ1n) is 8.03. The Morgan fingerprint density at radius 1 is 1.50 bits per heavy atom. The van der Waals surface area contributed by atoms with Crippen molar-refractivity contribution in [3.63, 3.8) is 0 Å². The molecule has 8 nitrogen and oxygen atoms in total. The lowest BCUT2D eigenvalue weighted by Crippen LogP contribution is -2.41. The van der Waals surface area contributed by atoms with Crippen molar-refractivity contribution in [2.45, 2.75) is 19.1 Å². The third-order valence-electron chi connectivity index (χ3n) is 3.91. The minimum atomic E-state index is -4.57. The maximum Gasteiger partial charge on any atom is 0.416 e. The number of anilines is 1. The molecule has 0 spiro atoms. The van der Waals surface area contributed by atoms with Gasteiger partial charge in [-0.3, -0.25) is 15.1 Å². The number of nitrogens with one attached hydrogen (secondary N) is 3. The van der Waals surface area contributed by atoms with Crippen LogP contribution in [0.5, 0.6) is 0 Å². The molecule has 0 radical (unpaired) electrons. The molecule has 0 aromatic heterocycles. The van der Waals surface area contributed by atoms with Gasteiger partial charge in [0.15, 0.2) is 0 Å². The molecule has 1 atom stereocenters. The molecule has 0 aliphatic carbocycles. The van der Waals surface area contributed by atoms with Gasteiger partial charge in [-0.25, -0.2) is 4.79 Å². The lowest BCUT2D eigenvalue weighted by Gasteiger charge is -2.19. The summed E-state index contributed by atoms with van der Waals surface area (Å²) >= 11 is 0. The molecule has 0 bridgehead atoms. The van der Waals surface area contributed by atoms with Gasteiger partial charge in [-0.2, -0.15) is 18.4 Å². The van der Waals surface area contributed by atoms with Gasteiger partial charge in [0.05, 0.1) is 12.1 Å². The zero-order valence-electron chi connectivity index (χ0n) is 15.0. The number of alkyl halides is 3. The van der Waals surface area contributed by atoms with Crippen molar-refractivity contribution in [3.05, 3.63) is 41.6 Å². The van der Waals surface area contributed by atoms with Crippen LogP contribution in [0.1, 0.15) is 12.5 Å². The van der Waals surface area contributed by atoms with Crippen LogP contribution in [0.3, 0.4) is 0 Å². The fraction of sp³-hybridized carbons (Fsp3) is 0.294. The second kappa shape index (κ2) is 7.99. The number of benzene rings is 1. The van der Waals surface area contributed by atoms with Crippen LogP contribution in [0, 0.1) is 16.7 Å². The average Bonchev–Trinajstić information content (AvgIpc) is 2.98. The van der Waals surface area contributed by atoms with E-state index in [1.54, 1.807) is 13.0 Å². The molecule has 3 N–H and O–H groups in total. The molecule has 1 unspecified atom stereocenters. The smallest absolute Gasteiger partial charge is 0.333 e. The highest BCUT2D eigenvalue weighted by molar-refractivity contribution is 6.08. The quantitative estimate of drug-likeness (QED) is 0.315. The summed E-state index contributed by atoms with van der Waals surface area (Å²) < 4.78 is 38.5. The molecule has 1 fully saturated rings. The highest BCUT2D eigenvalue weighted by atomic mass is 19.4. The molecule has 1 aromatic rings. The van der Waals surface area contributed by atoms with Crippen LogP contribution in [-0.2, 0) is 11.0 Å². The number of guanidine groups is 1. The number of halogens is 3. The van der Waals surface area contributed by atoms with Gasteiger partial charge in [0.25, 0.3) is 5.91 Å². The van der Waals surface area contributed by atoms with Crippen molar-refractivity contribution >= 4 is 23.6 Å². The molecule has 11 heteroatoms. The van der Waals surface area contributed by atoms with Gasteiger partial charge < -0.3 is 15.5 Å². The largest absolute Gasteiger partial charge is 0.416 e. The predicted molar refractivity (Wildman–Crippen MR) is 94.1 cm³/mol. The van der Waals surface area contributed by atoms with E-state index in [0.29, 0.717) is 0 Å². The van der Waals surface area contributed by atoms with Gasteiger partial charge in [0, 0.05) is 25.0 Å². The average molecular weight is 394 g/mol. The number of carbonyl (C=O) groups is 2. The Labute approximate surface area is 158 Å². The van der Waals surface area contributed by atoms with Crippen molar-refractivity contribution in [2.75, 3.05) is 18.5 Å². The van der Waals surface area contributed by atoms with Gasteiger partial charge in [0.1, 0.15) is 11.6 Å². The standard InChI is InChI=1S/C17H17F3N6O2/c1-10-9-26(16(28)24-10)15(22)23-8-11(7-21)14(27)25(2)13-5-3-4-12(6-13)17(18,19)20/h3-6,8,10H,9H2,1-2H3,(H2,22,23)(H,24,28)/b11-8+. The minimum Gasteiger partial charge on any atom is -0.333 e. The number of rotatable bonds is 3. The third-order valence-corrected chi connectivity index (χ3v) is 3.91. The monoisotopic (exact) mass is 394 g/mol. The van der Waals surface area contributed by atoms with E-state index >= 15 is 0 Å². The van der Waals surface area contributed by atoms with Crippen molar-refractivity contribution in [1.29, 1.82) is 10.7 Å². The molecule has 3 amide bonds. The van der Waals surface area contributed by atoms with Crippen molar-refractivity contribution in [1.82, 2.24) is 15.5 Å². The zero-order valence-corrected chi connectivity index (χ0v) is 15.0. The first-order valence-corrected chi connectivity index (χ1v) is 8.03. The van der Waals surface area contributed by atoms with E-state index in [1.165, 1.54) is 13.1 Å². The van der Waals surface area contributed by atoms with Crippen molar-refractivity contribution < 1.29 is 22.8 Å². The van der Waals surface area contributed by atoms with Crippen LogP contribution < -0.4 is 15.5 Å². The molecule has 1 saturated heterocycles. The number of hydrogen-bond acceptors (Lipinski definition) is 4. The van der Waals surface area contributed by atoms with Crippen molar-refractivity contribution in [2.24, 2.45) is 0 Å². The maximum atomic E-state index is 12.8. The van der Waals surface area contributed by atoms with Crippen molar-refractivity contribution in [3.8, 4) is 6.07 Å². The molecule has 0 saturated carbocycles. The van der Waals surface area contributed by atoms with E-state index in [2.05, 4.69) is 10.6 Å². The molecule has 2 rings (SSSR count). The lowest BCUT2D eigenvalue weighted by atomic mass is 10.1. The molecule has 1 aliphatic heterocycles. The van der Waals surface area contributed by atoms with Gasteiger partial charge in [-0.05, 0) is 25.1 Å². The Hall–Kier alpha value is -3.55. The minimum absolute atomic E-state index is 0.0520. The first kappa shape index (κ1) is 20.8. The Kier molecular flexibility index (Phi) is 5.93. The van der Waals surface area contributed by atoms with Gasteiger partial charge in [-0.15, -0.1) is 0 Å². The number of carbonyl (C=O) groups excluding carboxylic acids is 2. The molecule has 1 aromatic carbocycles. The molecule has 1 heterocycles. The first-order chi connectivity index (χ1) is 13.0. The molecular weight excluding hydrogens is 377 g/mol. The van der Waals surface area contributed by atoms with E-state index < -0.39 is 29.3 Å². The van der Waals surface area contributed by atoms with Crippen LogP contribution in [0.15, 0.2) is 36.0 Å². The Morgan fingerprint density at radius 3 is 2.71 bits per heavy atom. The number of urea groups is 1. The summed E-state index contributed by atoms with van der Waals surface area (Å²) in [5.74, 6) is -1.22. The van der Waals surface area contributed by atoms with Crippen LogP contribution >= 0.6 is 0 Å². The summed E-state index contributed by atoms with van der Waals surface area (Å²) in [6.45, 7) is 1.98. The number of nitriles is 1. The molecule has 28 heavy (non-hydrogen) atoms. The predicted octanol–water partition coefficient (Wildman–Crippen LogP) is 2.01. The number of likely N-dealkylation sites (N-methyl/N-ethyl adjacent to an activating group) is 1. The van der Waals surface area contributed by atoms with Crippen LogP contribution in [-0.4, -0.2) is 42.4 Å². The van der Waals surface area contributed by atoms with E-state index in [9.17, 15) is 28.0 Å². The Bertz CT molecular complexity index is 874. The highest BCUT2D eigenvalue weighted by Gasteiger charge is 2.31. The number of nitrogens with zero attached hydrogens (tertiary/aromatic N) is 3. The van der Waals surface area contributed by atoms with Gasteiger partial charge >= 0.3 is 12.2 Å². The fourth-order valence-electron chi connectivity index (χ4n) is 2.43. The lowest BCUT2D eigenvalue weighted by molar-refractivity contribution is -0.137. The van der Waals surface area contributed by atoms with Gasteiger partial charge in [-0.1, -0.05) is 6.07 Å². The number of amides is 3. The SMILES string of the molecule is CC1CN(C(=N)N/C=C(\C#N)C(=O)N(C)c2cccc(C(F)(F)F)c2)C(=O)N1. The highest BCUT2D eigenvalue weighted by Crippen LogP contribution is 2.31. The second-order valence-electron chi connectivity index (χ2n) is 6.04. The molecule has 1 aliphatic rings. The summed E-state index contributed by atoms with van der Waals surface area (Å²) in [5.41, 5.74) is -1.43. The molecular formula is C17H17F3N6O2. The summed E-state index contributed by atoms with van der Waals surface area (Å²) in [5, 5.41) is 22.0. The Balaban J connectivity index is 2.14. The summed E-state index contributed by atoms with van der Waals surface area (Å²) in [7, 11) is 1.23. The zero-order chi connectivity index (χ0) is 21.1. The maximum absolute atomic E-state index is 12.8. The summed E-state index contributed by atoms with van der Waals surface area (Å²) in [4.78, 5) is 26.1. The van der Waals surface area contributed by atoms with Crippen LogP contribution in [0.25, 0.3) is 0 Å². The summed E-state index contributed by atoms with van der Waals surface area (Å²) in [6, 6.07) is 5.08. The third kappa shape index (κ3) is 4.59. The Morgan fingerprint density at radius 2 is 2.18 bits per heavy atom. The number of hydrogen-bond donors (Lipinski definition) is 3. The normalized spacial score (nSPS) is 17.0. The van der Waals surface area contributed by atoms with E-state index in [4.69, 9.17) is 5.41 Å².